The van der Waals surface area contributed by atoms with Crippen LogP contribution in [0.5, 0.6) is 0 Å². The van der Waals surface area contributed by atoms with Crippen molar-refractivity contribution in [3.05, 3.63) is 66.2 Å². The Morgan fingerprint density at radius 1 is 0.944 bits per heavy atom. The van der Waals surface area contributed by atoms with Crippen LogP contribution in [0.25, 0.3) is 0 Å². The molecule has 0 heterocycles. The lowest BCUT2D eigenvalue weighted by molar-refractivity contribution is 0.0784. The summed E-state index contributed by atoms with van der Waals surface area (Å²) >= 11 is 1.83. The largest absolute Gasteiger partial charge is 0.373 e. The zero-order valence-corrected chi connectivity index (χ0v) is 11.4. The number of thioether (sulfide) groups is 1. The van der Waals surface area contributed by atoms with Crippen molar-refractivity contribution in [1.82, 2.24) is 0 Å². The molecular formula is C16H18OS. The summed E-state index contributed by atoms with van der Waals surface area (Å²) in [5.74, 6) is 0.987. The average molecular weight is 258 g/mol. The van der Waals surface area contributed by atoms with Gasteiger partial charge in [-0.2, -0.15) is 0 Å². The van der Waals surface area contributed by atoms with Gasteiger partial charge in [-0.3, -0.25) is 0 Å². The number of hydrogen-bond donors (Lipinski definition) is 0. The van der Waals surface area contributed by atoms with E-state index >= 15 is 0 Å². The highest BCUT2D eigenvalue weighted by Gasteiger charge is 2.04. The van der Waals surface area contributed by atoms with Gasteiger partial charge in [0.25, 0.3) is 0 Å². The molecule has 94 valence electrons. The summed E-state index contributed by atoms with van der Waals surface area (Å²) in [6, 6.07) is 20.8. The van der Waals surface area contributed by atoms with Gasteiger partial charge in [0.2, 0.25) is 0 Å². The molecule has 1 unspecified atom stereocenters. The first-order valence-corrected chi connectivity index (χ1v) is 7.19. The van der Waals surface area contributed by atoms with Gasteiger partial charge >= 0.3 is 0 Å². The van der Waals surface area contributed by atoms with Gasteiger partial charge in [0.15, 0.2) is 0 Å². The molecule has 0 spiro atoms. The van der Waals surface area contributed by atoms with Gasteiger partial charge in [-0.25, -0.2) is 0 Å². The molecule has 0 N–H and O–H groups in total. The average Bonchev–Trinajstić information content (AvgIpc) is 2.45. The molecule has 0 aliphatic carbocycles. The number of ether oxygens (including phenoxy) is 1. The molecule has 0 aromatic heterocycles. The van der Waals surface area contributed by atoms with Gasteiger partial charge in [0.1, 0.15) is 0 Å². The zero-order valence-electron chi connectivity index (χ0n) is 10.6. The Bertz CT molecular complexity index is 441. The molecule has 1 nitrogen and oxygen atoms in total. The fraction of sp³-hybridized carbons (Fsp3) is 0.250. The Balaban J connectivity index is 1.70. The highest BCUT2D eigenvalue weighted by atomic mass is 32.2. The zero-order chi connectivity index (χ0) is 12.6. The quantitative estimate of drug-likeness (QED) is 0.555. The van der Waals surface area contributed by atoms with Crippen molar-refractivity contribution in [2.75, 3.05) is 12.4 Å². The second kappa shape index (κ2) is 7.24. The normalized spacial score (nSPS) is 12.3. The van der Waals surface area contributed by atoms with E-state index in [1.165, 1.54) is 10.5 Å². The van der Waals surface area contributed by atoms with Crippen LogP contribution in [0.3, 0.4) is 0 Å². The van der Waals surface area contributed by atoms with Crippen LogP contribution in [-0.4, -0.2) is 12.4 Å². The van der Waals surface area contributed by atoms with Crippen LogP contribution in [0.1, 0.15) is 18.6 Å². The van der Waals surface area contributed by atoms with Crippen molar-refractivity contribution in [1.29, 1.82) is 0 Å². The predicted octanol–water partition coefficient (Wildman–Crippen LogP) is 4.56. The van der Waals surface area contributed by atoms with Crippen molar-refractivity contribution >= 4 is 11.8 Å². The standard InChI is InChI=1S/C16H18OS/c1-14(15-8-4-2-5-9-15)17-12-13-18-16-10-6-3-7-11-16/h2-11,14H,12-13H2,1H3. The van der Waals surface area contributed by atoms with Crippen molar-refractivity contribution in [3.8, 4) is 0 Å². The SMILES string of the molecule is CC(OCCSc1ccccc1)c1ccccc1. The van der Waals surface area contributed by atoms with E-state index in [2.05, 4.69) is 43.3 Å². The van der Waals surface area contributed by atoms with E-state index in [1.807, 2.05) is 36.0 Å². The third-order valence-electron chi connectivity index (χ3n) is 2.73. The molecule has 2 heteroatoms. The summed E-state index contributed by atoms with van der Waals surface area (Å²) in [7, 11) is 0. The third kappa shape index (κ3) is 4.21. The minimum Gasteiger partial charge on any atom is -0.373 e. The molecule has 0 aliphatic heterocycles. The van der Waals surface area contributed by atoms with E-state index in [9.17, 15) is 0 Å². The van der Waals surface area contributed by atoms with E-state index in [0.29, 0.717) is 0 Å². The Morgan fingerprint density at radius 3 is 2.22 bits per heavy atom. The lowest BCUT2D eigenvalue weighted by Gasteiger charge is -2.13. The highest BCUT2D eigenvalue weighted by Crippen LogP contribution is 2.19. The third-order valence-corrected chi connectivity index (χ3v) is 3.71. The van der Waals surface area contributed by atoms with Crippen LogP contribution in [0, 0.1) is 0 Å². The summed E-state index contributed by atoms with van der Waals surface area (Å²) in [5, 5.41) is 0. The Kier molecular flexibility index (Phi) is 5.31. The monoisotopic (exact) mass is 258 g/mol. The molecule has 0 saturated heterocycles. The highest BCUT2D eigenvalue weighted by molar-refractivity contribution is 7.99. The Hall–Kier alpha value is -1.25. The lowest BCUT2D eigenvalue weighted by atomic mass is 10.1. The van der Waals surface area contributed by atoms with Crippen molar-refractivity contribution in [2.24, 2.45) is 0 Å². The second-order valence-electron chi connectivity index (χ2n) is 4.09. The summed E-state index contributed by atoms with van der Waals surface area (Å²) in [4.78, 5) is 1.30. The van der Waals surface area contributed by atoms with E-state index in [-0.39, 0.29) is 6.10 Å². The number of benzene rings is 2. The van der Waals surface area contributed by atoms with Gasteiger partial charge in [-0.15, -0.1) is 11.8 Å². The second-order valence-corrected chi connectivity index (χ2v) is 5.25. The maximum absolute atomic E-state index is 5.83. The van der Waals surface area contributed by atoms with Gasteiger partial charge in [0.05, 0.1) is 12.7 Å². The molecule has 1 atom stereocenters. The van der Waals surface area contributed by atoms with Crippen LogP contribution in [0.4, 0.5) is 0 Å². The van der Waals surface area contributed by atoms with E-state index in [4.69, 9.17) is 4.74 Å². The number of hydrogen-bond acceptors (Lipinski definition) is 2. The topological polar surface area (TPSA) is 9.23 Å². The smallest absolute Gasteiger partial charge is 0.0797 e. The first-order chi connectivity index (χ1) is 8.86. The minimum atomic E-state index is 0.169. The molecule has 2 aromatic carbocycles. The van der Waals surface area contributed by atoms with Crippen LogP contribution < -0.4 is 0 Å². The van der Waals surface area contributed by atoms with Gasteiger partial charge < -0.3 is 4.74 Å². The summed E-state index contributed by atoms with van der Waals surface area (Å²) in [5.41, 5.74) is 1.24. The van der Waals surface area contributed by atoms with Crippen LogP contribution in [0.2, 0.25) is 0 Å². The molecule has 0 bridgehead atoms. The fourth-order valence-corrected chi connectivity index (χ4v) is 2.49. The molecule has 0 amide bonds. The van der Waals surface area contributed by atoms with Gasteiger partial charge in [-0.1, -0.05) is 48.5 Å². The van der Waals surface area contributed by atoms with E-state index in [0.717, 1.165) is 12.4 Å². The minimum absolute atomic E-state index is 0.169. The van der Waals surface area contributed by atoms with Gasteiger partial charge in [-0.05, 0) is 24.6 Å². The molecule has 2 rings (SSSR count). The summed E-state index contributed by atoms with van der Waals surface area (Å²) in [6.45, 7) is 2.87. The van der Waals surface area contributed by atoms with Crippen molar-refractivity contribution in [2.45, 2.75) is 17.9 Å². The molecule has 0 aliphatic rings. The Labute approximate surface area is 113 Å². The van der Waals surface area contributed by atoms with E-state index < -0.39 is 0 Å². The summed E-state index contributed by atoms with van der Waals surface area (Å²) in [6.07, 6.45) is 0.169. The van der Waals surface area contributed by atoms with Crippen molar-refractivity contribution in [3.63, 3.8) is 0 Å². The fourth-order valence-electron chi connectivity index (χ4n) is 1.72. The first kappa shape index (κ1) is 13.2. The van der Waals surface area contributed by atoms with Crippen LogP contribution >= 0.6 is 11.8 Å². The molecule has 0 radical (unpaired) electrons. The number of rotatable bonds is 6. The van der Waals surface area contributed by atoms with Crippen LogP contribution in [-0.2, 0) is 4.74 Å². The first-order valence-electron chi connectivity index (χ1n) is 6.20. The summed E-state index contributed by atoms with van der Waals surface area (Å²) < 4.78 is 5.83. The van der Waals surface area contributed by atoms with Crippen LogP contribution in [0.15, 0.2) is 65.6 Å². The Morgan fingerprint density at radius 2 is 1.56 bits per heavy atom. The molecule has 0 fully saturated rings. The lowest BCUT2D eigenvalue weighted by Crippen LogP contribution is -2.03. The van der Waals surface area contributed by atoms with E-state index in [1.54, 1.807) is 0 Å². The van der Waals surface area contributed by atoms with Gasteiger partial charge in [0, 0.05) is 10.6 Å². The molecular weight excluding hydrogens is 240 g/mol. The predicted molar refractivity (Wildman–Crippen MR) is 78.0 cm³/mol. The molecule has 2 aromatic rings. The van der Waals surface area contributed by atoms with Crippen molar-refractivity contribution < 1.29 is 4.74 Å². The molecule has 0 saturated carbocycles. The maximum atomic E-state index is 5.83. The maximum Gasteiger partial charge on any atom is 0.0797 e. The molecule has 18 heavy (non-hydrogen) atoms.